The smallest absolute Gasteiger partial charge is 0.264 e. The van der Waals surface area contributed by atoms with Crippen LogP contribution in [-0.4, -0.2) is 28.8 Å². The lowest BCUT2D eigenvalue weighted by Gasteiger charge is -1.98. The number of ether oxygens (including phenoxy) is 2. The zero-order valence-corrected chi connectivity index (χ0v) is 15.1. The van der Waals surface area contributed by atoms with E-state index in [1.165, 1.54) is 30.0 Å². The monoisotopic (exact) mass is 388 g/mol. The van der Waals surface area contributed by atoms with Crippen molar-refractivity contribution >= 4 is 57.0 Å². The number of carbonyl (C=O) groups is 2. The van der Waals surface area contributed by atoms with Crippen molar-refractivity contribution in [2.24, 2.45) is 4.99 Å². The fourth-order valence-corrected chi connectivity index (χ4v) is 3.96. The van der Waals surface area contributed by atoms with Crippen molar-refractivity contribution in [3.63, 3.8) is 0 Å². The van der Waals surface area contributed by atoms with Crippen molar-refractivity contribution in [2.75, 3.05) is 12.1 Å². The van der Waals surface area contributed by atoms with E-state index in [2.05, 4.69) is 20.6 Å². The summed E-state index contributed by atoms with van der Waals surface area (Å²) in [5.74, 6) is 0.888. The number of amides is 2. The molecule has 3 heterocycles. The largest absolute Gasteiger partial charge is 0.454 e. The van der Waals surface area contributed by atoms with E-state index in [0.29, 0.717) is 32.4 Å². The molecule has 1 aromatic carbocycles. The van der Waals surface area contributed by atoms with Crippen LogP contribution in [0.1, 0.15) is 11.8 Å². The summed E-state index contributed by atoms with van der Waals surface area (Å²) in [5.41, 5.74) is 0.657. The van der Waals surface area contributed by atoms with Crippen molar-refractivity contribution < 1.29 is 19.1 Å². The molecule has 0 spiro atoms. The van der Waals surface area contributed by atoms with E-state index < -0.39 is 0 Å². The van der Waals surface area contributed by atoms with Gasteiger partial charge in [-0.25, -0.2) is 9.98 Å². The third-order valence-corrected chi connectivity index (χ3v) is 5.09. The van der Waals surface area contributed by atoms with Gasteiger partial charge in [-0.3, -0.25) is 9.59 Å². The first kappa shape index (κ1) is 16.6. The average molecular weight is 388 g/mol. The molecule has 0 radical (unpaired) electrons. The van der Waals surface area contributed by atoms with Gasteiger partial charge in [0.05, 0.1) is 15.5 Å². The Balaban J connectivity index is 1.51. The fraction of sp³-hybridized carbons (Fsp3) is 0.125. The minimum Gasteiger partial charge on any atom is -0.454 e. The number of fused-ring (bicyclic) bond motifs is 1. The number of anilines is 1. The minimum atomic E-state index is -0.232. The van der Waals surface area contributed by atoms with Gasteiger partial charge in [0.1, 0.15) is 0 Å². The lowest BCUT2D eigenvalue weighted by atomic mass is 10.3. The van der Waals surface area contributed by atoms with Crippen LogP contribution in [0.25, 0.3) is 6.08 Å². The molecule has 1 fully saturated rings. The van der Waals surface area contributed by atoms with Crippen LogP contribution >= 0.6 is 23.1 Å². The van der Waals surface area contributed by atoms with Crippen molar-refractivity contribution in [3.8, 4) is 11.5 Å². The SMILES string of the molecule is CC(=O)Nc1ncc(/C=C2\SC(=Nc3ccc4c(c3)OCO4)NC2=O)s1. The minimum absolute atomic E-state index is 0.190. The highest BCUT2D eigenvalue weighted by Gasteiger charge is 2.24. The standard InChI is InChI=1S/C16H12N4O4S2/c1-8(21)18-15-17-6-10(25-15)5-13-14(22)20-16(26-13)19-9-2-3-11-12(4-9)24-7-23-11/h2-6H,7H2,1H3,(H,17,18,21)(H,19,20,22)/b13-5-. The van der Waals surface area contributed by atoms with Gasteiger partial charge in [-0.05, 0) is 30.0 Å². The molecule has 0 unspecified atom stereocenters. The molecule has 2 amide bonds. The molecule has 4 rings (SSSR count). The number of hydrogen-bond acceptors (Lipinski definition) is 8. The van der Waals surface area contributed by atoms with Gasteiger partial charge in [0.25, 0.3) is 5.91 Å². The van der Waals surface area contributed by atoms with Gasteiger partial charge >= 0.3 is 0 Å². The van der Waals surface area contributed by atoms with Crippen LogP contribution < -0.4 is 20.1 Å². The molecule has 0 saturated carbocycles. The quantitative estimate of drug-likeness (QED) is 0.784. The fourth-order valence-electron chi connectivity index (χ4n) is 2.24. The summed E-state index contributed by atoms with van der Waals surface area (Å²) < 4.78 is 10.6. The molecular formula is C16H12N4O4S2. The van der Waals surface area contributed by atoms with E-state index >= 15 is 0 Å². The van der Waals surface area contributed by atoms with Gasteiger partial charge < -0.3 is 20.1 Å². The lowest BCUT2D eigenvalue weighted by Crippen LogP contribution is -2.19. The Hall–Kier alpha value is -2.85. The van der Waals surface area contributed by atoms with Gasteiger partial charge in [0.2, 0.25) is 12.7 Å². The van der Waals surface area contributed by atoms with E-state index in [0.717, 1.165) is 4.88 Å². The number of carbonyl (C=O) groups excluding carboxylic acids is 2. The van der Waals surface area contributed by atoms with Crippen molar-refractivity contribution in [2.45, 2.75) is 6.92 Å². The summed E-state index contributed by atoms with van der Waals surface area (Å²) >= 11 is 2.52. The summed E-state index contributed by atoms with van der Waals surface area (Å²) in [4.78, 5) is 33.0. The highest BCUT2D eigenvalue weighted by atomic mass is 32.2. The molecule has 0 atom stereocenters. The lowest BCUT2D eigenvalue weighted by molar-refractivity contribution is -0.115. The molecule has 1 saturated heterocycles. The predicted molar refractivity (Wildman–Crippen MR) is 99.8 cm³/mol. The Kier molecular flexibility index (Phi) is 4.35. The zero-order valence-electron chi connectivity index (χ0n) is 13.4. The summed E-state index contributed by atoms with van der Waals surface area (Å²) in [7, 11) is 0. The van der Waals surface area contributed by atoms with E-state index in [4.69, 9.17) is 9.47 Å². The van der Waals surface area contributed by atoms with Gasteiger partial charge in [-0.1, -0.05) is 11.3 Å². The number of hydrogen-bond donors (Lipinski definition) is 2. The second-order valence-corrected chi connectivity index (χ2v) is 7.36. The Morgan fingerprint density at radius 1 is 1.38 bits per heavy atom. The number of thiazole rings is 1. The molecule has 0 bridgehead atoms. The molecule has 2 N–H and O–H groups in total. The van der Waals surface area contributed by atoms with E-state index in [-0.39, 0.29) is 18.6 Å². The Morgan fingerprint density at radius 2 is 2.23 bits per heavy atom. The van der Waals surface area contributed by atoms with Crippen LogP contribution in [0.2, 0.25) is 0 Å². The summed E-state index contributed by atoms with van der Waals surface area (Å²) in [6.07, 6.45) is 3.31. The number of nitrogens with zero attached hydrogens (tertiary/aromatic N) is 2. The summed E-state index contributed by atoms with van der Waals surface area (Å²) in [5, 5.41) is 6.30. The highest BCUT2D eigenvalue weighted by molar-refractivity contribution is 8.18. The van der Waals surface area contributed by atoms with E-state index in [1.54, 1.807) is 30.5 Å². The van der Waals surface area contributed by atoms with Crippen molar-refractivity contribution in [3.05, 3.63) is 34.2 Å². The second kappa shape index (κ2) is 6.81. The van der Waals surface area contributed by atoms with Crippen LogP contribution in [0.3, 0.4) is 0 Å². The number of aliphatic imine (C=N–C) groups is 1. The maximum Gasteiger partial charge on any atom is 0.264 e. The number of aromatic nitrogens is 1. The molecule has 2 aliphatic rings. The number of nitrogens with one attached hydrogen (secondary N) is 2. The molecule has 132 valence electrons. The van der Waals surface area contributed by atoms with Crippen LogP contribution in [-0.2, 0) is 9.59 Å². The van der Waals surface area contributed by atoms with Gasteiger partial charge in [0.15, 0.2) is 21.8 Å². The van der Waals surface area contributed by atoms with Crippen LogP contribution in [0.5, 0.6) is 11.5 Å². The Morgan fingerprint density at radius 3 is 3.08 bits per heavy atom. The van der Waals surface area contributed by atoms with Crippen molar-refractivity contribution in [1.82, 2.24) is 10.3 Å². The third kappa shape index (κ3) is 3.55. The van der Waals surface area contributed by atoms with Crippen LogP contribution in [0.15, 0.2) is 34.3 Å². The topological polar surface area (TPSA) is 102 Å². The molecule has 0 aliphatic carbocycles. The maximum atomic E-state index is 12.1. The summed E-state index contributed by atoms with van der Waals surface area (Å²) in [6, 6.07) is 5.32. The van der Waals surface area contributed by atoms with E-state index in [9.17, 15) is 9.59 Å². The molecule has 2 aromatic rings. The molecule has 8 nitrogen and oxygen atoms in total. The number of rotatable bonds is 3. The van der Waals surface area contributed by atoms with Gasteiger partial charge in [0, 0.05) is 19.2 Å². The number of thioether (sulfide) groups is 1. The normalized spacial score (nSPS) is 18.4. The Bertz CT molecular complexity index is 967. The second-order valence-electron chi connectivity index (χ2n) is 5.27. The molecular weight excluding hydrogens is 376 g/mol. The van der Waals surface area contributed by atoms with Gasteiger partial charge in [-0.2, -0.15) is 0 Å². The van der Waals surface area contributed by atoms with Crippen molar-refractivity contribution in [1.29, 1.82) is 0 Å². The first-order valence-electron chi connectivity index (χ1n) is 7.49. The van der Waals surface area contributed by atoms with Crippen LogP contribution in [0.4, 0.5) is 10.8 Å². The zero-order chi connectivity index (χ0) is 18.1. The number of amidine groups is 1. The highest BCUT2D eigenvalue weighted by Crippen LogP contribution is 2.36. The van der Waals surface area contributed by atoms with Gasteiger partial charge in [-0.15, -0.1) is 0 Å². The molecule has 2 aliphatic heterocycles. The molecule has 1 aromatic heterocycles. The third-order valence-electron chi connectivity index (χ3n) is 3.32. The average Bonchev–Trinajstić information content (AvgIpc) is 3.29. The first-order chi connectivity index (χ1) is 12.6. The first-order valence-corrected chi connectivity index (χ1v) is 9.13. The number of benzene rings is 1. The molecule has 26 heavy (non-hydrogen) atoms. The maximum absolute atomic E-state index is 12.1. The van der Waals surface area contributed by atoms with E-state index in [1.807, 2.05) is 0 Å². The predicted octanol–water partition coefficient (Wildman–Crippen LogP) is 2.72. The summed E-state index contributed by atoms with van der Waals surface area (Å²) in [6.45, 7) is 1.61. The Labute approximate surface area is 156 Å². The van der Waals surface area contributed by atoms with Crippen LogP contribution in [0, 0.1) is 0 Å². The molecule has 10 heteroatoms.